The van der Waals surface area contributed by atoms with Crippen LogP contribution in [-0.4, -0.2) is 47.4 Å². The fourth-order valence-electron chi connectivity index (χ4n) is 2.66. The van der Waals surface area contributed by atoms with Crippen molar-refractivity contribution in [1.82, 2.24) is 15.0 Å². The third-order valence-corrected chi connectivity index (χ3v) is 3.88. The maximum Gasteiger partial charge on any atom is 0.329 e. The van der Waals surface area contributed by atoms with Crippen molar-refractivity contribution in [2.45, 2.75) is 26.2 Å². The number of carbonyl (C=O) groups excluding carboxylic acids is 1. The molecule has 0 aromatic carbocycles. The van der Waals surface area contributed by atoms with Gasteiger partial charge in [-0.3, -0.25) is 5.32 Å². The molecule has 1 N–H and O–H groups in total. The first kappa shape index (κ1) is 12.4. The summed E-state index contributed by atoms with van der Waals surface area (Å²) in [6, 6.07) is -0.0456. The van der Waals surface area contributed by atoms with Gasteiger partial charge in [0, 0.05) is 18.5 Å². The molecule has 0 bridgehead atoms. The maximum absolute atomic E-state index is 12.2. The molecule has 1 saturated heterocycles. The third-order valence-electron chi connectivity index (χ3n) is 3.88. The summed E-state index contributed by atoms with van der Waals surface area (Å²) in [6.45, 7) is 4.39. The second-order valence-corrected chi connectivity index (χ2v) is 5.40. The molecule has 1 spiro atoms. The van der Waals surface area contributed by atoms with E-state index in [4.69, 9.17) is 9.26 Å². The van der Waals surface area contributed by atoms with Gasteiger partial charge in [-0.2, -0.15) is 4.98 Å². The molecule has 1 saturated carbocycles. The van der Waals surface area contributed by atoms with Crippen LogP contribution in [0.4, 0.5) is 10.8 Å². The number of anilines is 1. The van der Waals surface area contributed by atoms with Gasteiger partial charge in [0.1, 0.15) is 0 Å². The van der Waals surface area contributed by atoms with Crippen LogP contribution in [0.5, 0.6) is 0 Å². The number of amides is 2. The van der Waals surface area contributed by atoms with Crippen molar-refractivity contribution in [1.29, 1.82) is 0 Å². The van der Waals surface area contributed by atoms with Crippen molar-refractivity contribution in [3.05, 3.63) is 5.82 Å². The van der Waals surface area contributed by atoms with E-state index < -0.39 is 0 Å². The second-order valence-electron chi connectivity index (χ2n) is 5.40. The Morgan fingerprint density at radius 2 is 2.32 bits per heavy atom. The number of ether oxygens (including phenoxy) is 1. The average molecular weight is 266 g/mol. The lowest BCUT2D eigenvalue weighted by molar-refractivity contribution is 0.0129. The molecule has 2 fully saturated rings. The van der Waals surface area contributed by atoms with Gasteiger partial charge in [-0.05, 0) is 19.8 Å². The Morgan fingerprint density at radius 1 is 1.47 bits per heavy atom. The Balaban J connectivity index is 1.64. The van der Waals surface area contributed by atoms with Crippen molar-refractivity contribution in [3.8, 4) is 0 Å². The topological polar surface area (TPSA) is 80.5 Å². The van der Waals surface area contributed by atoms with Crippen molar-refractivity contribution in [2.75, 3.05) is 31.6 Å². The first-order valence-electron chi connectivity index (χ1n) is 6.61. The van der Waals surface area contributed by atoms with E-state index in [1.54, 1.807) is 11.8 Å². The quantitative estimate of drug-likeness (QED) is 0.831. The number of urea groups is 1. The van der Waals surface area contributed by atoms with E-state index in [1.165, 1.54) is 6.42 Å². The largest absolute Gasteiger partial charge is 0.379 e. The number of nitrogens with zero attached hydrogens (tertiary/aromatic N) is 3. The molecule has 1 aliphatic carbocycles. The molecular weight excluding hydrogens is 248 g/mol. The van der Waals surface area contributed by atoms with Crippen molar-refractivity contribution >= 4 is 12.0 Å². The highest BCUT2D eigenvalue weighted by molar-refractivity contribution is 5.87. The van der Waals surface area contributed by atoms with Crippen LogP contribution in [0.1, 0.15) is 25.1 Å². The van der Waals surface area contributed by atoms with Gasteiger partial charge in [-0.15, -0.1) is 0 Å². The molecule has 19 heavy (non-hydrogen) atoms. The molecule has 7 heteroatoms. The zero-order valence-electron chi connectivity index (χ0n) is 11.0. The second kappa shape index (κ2) is 4.80. The zero-order chi connectivity index (χ0) is 13.3. The van der Waals surface area contributed by atoms with Gasteiger partial charge in [-0.1, -0.05) is 11.6 Å². The van der Waals surface area contributed by atoms with Gasteiger partial charge in [0.2, 0.25) is 0 Å². The van der Waals surface area contributed by atoms with Crippen LogP contribution in [0.3, 0.4) is 0 Å². The minimum Gasteiger partial charge on any atom is -0.379 e. The van der Waals surface area contributed by atoms with E-state index >= 15 is 0 Å². The first-order chi connectivity index (χ1) is 9.17. The van der Waals surface area contributed by atoms with Crippen LogP contribution in [0.15, 0.2) is 4.52 Å². The number of nitrogens with one attached hydrogen (secondary N) is 1. The Hall–Kier alpha value is -1.63. The summed E-state index contributed by atoms with van der Waals surface area (Å²) < 4.78 is 10.5. The molecular formula is C12H18N4O3. The Kier molecular flexibility index (Phi) is 3.14. The molecule has 0 atom stereocenters. The Morgan fingerprint density at radius 3 is 2.95 bits per heavy atom. The van der Waals surface area contributed by atoms with E-state index in [0.29, 0.717) is 19.0 Å². The van der Waals surface area contributed by atoms with Crippen LogP contribution in [0, 0.1) is 12.3 Å². The summed E-state index contributed by atoms with van der Waals surface area (Å²) in [7, 11) is 0. The van der Waals surface area contributed by atoms with Crippen molar-refractivity contribution in [2.24, 2.45) is 5.41 Å². The lowest BCUT2D eigenvalue weighted by atomic mass is 9.69. The number of aryl methyl sites for hydroxylation is 1. The van der Waals surface area contributed by atoms with Crippen LogP contribution in [0.25, 0.3) is 0 Å². The maximum atomic E-state index is 12.2. The van der Waals surface area contributed by atoms with Gasteiger partial charge >= 0.3 is 12.0 Å². The average Bonchev–Trinajstić information content (AvgIpc) is 2.64. The van der Waals surface area contributed by atoms with E-state index in [2.05, 4.69) is 15.5 Å². The summed E-state index contributed by atoms with van der Waals surface area (Å²) in [4.78, 5) is 17.9. The number of rotatable bonds is 1. The number of hydrogen-bond acceptors (Lipinski definition) is 5. The van der Waals surface area contributed by atoms with Crippen LogP contribution in [-0.2, 0) is 4.74 Å². The third kappa shape index (κ3) is 2.56. The van der Waals surface area contributed by atoms with E-state index in [9.17, 15) is 4.79 Å². The van der Waals surface area contributed by atoms with Gasteiger partial charge < -0.3 is 14.2 Å². The highest BCUT2D eigenvalue weighted by Gasteiger charge is 2.41. The summed E-state index contributed by atoms with van der Waals surface area (Å²) in [6.07, 6.45) is 3.49. The minimum atomic E-state index is -0.194. The molecule has 1 aromatic rings. The molecule has 2 amide bonds. The molecule has 2 heterocycles. The van der Waals surface area contributed by atoms with Crippen LogP contribution in [0.2, 0.25) is 0 Å². The van der Waals surface area contributed by atoms with E-state index in [-0.39, 0.29) is 17.5 Å². The highest BCUT2D eigenvalue weighted by atomic mass is 16.5. The monoisotopic (exact) mass is 266 g/mol. The Bertz CT molecular complexity index is 469. The van der Waals surface area contributed by atoms with Gasteiger partial charge in [0.25, 0.3) is 0 Å². The summed E-state index contributed by atoms with van der Waals surface area (Å²) in [5.41, 5.74) is 0.165. The van der Waals surface area contributed by atoms with Crippen molar-refractivity contribution < 1.29 is 14.1 Å². The summed E-state index contributed by atoms with van der Waals surface area (Å²) in [5, 5.41) is 6.28. The molecule has 7 nitrogen and oxygen atoms in total. The fraction of sp³-hybridized carbons (Fsp3) is 0.750. The summed E-state index contributed by atoms with van der Waals surface area (Å²) >= 11 is 0. The van der Waals surface area contributed by atoms with Gasteiger partial charge in [-0.25, -0.2) is 4.79 Å². The smallest absolute Gasteiger partial charge is 0.329 e. The molecule has 0 radical (unpaired) electrons. The van der Waals surface area contributed by atoms with Gasteiger partial charge in [0.15, 0.2) is 5.82 Å². The number of hydrogen-bond donors (Lipinski definition) is 1. The molecule has 3 rings (SSSR count). The number of aromatic nitrogens is 2. The first-order valence-corrected chi connectivity index (χ1v) is 6.61. The standard InChI is InChI=1S/C12H18N4O3/c1-9-13-10(19-15-9)14-11(17)16-5-6-18-8-12(7-16)3-2-4-12/h2-8H2,1H3,(H,13,14,15,17). The molecule has 1 aliphatic heterocycles. The SMILES string of the molecule is Cc1noc(NC(=O)N2CCOCC3(CCC3)C2)n1. The Labute approximate surface area is 111 Å². The van der Waals surface area contributed by atoms with Crippen LogP contribution >= 0.6 is 0 Å². The van der Waals surface area contributed by atoms with Crippen LogP contribution < -0.4 is 5.32 Å². The minimum absolute atomic E-state index is 0.148. The molecule has 1 aromatic heterocycles. The molecule has 2 aliphatic rings. The highest BCUT2D eigenvalue weighted by Crippen LogP contribution is 2.42. The predicted octanol–water partition coefficient (Wildman–Crippen LogP) is 1.41. The summed E-state index contributed by atoms with van der Waals surface area (Å²) in [5.74, 6) is 0.505. The van der Waals surface area contributed by atoms with Gasteiger partial charge in [0.05, 0.1) is 13.2 Å². The normalized spacial score (nSPS) is 21.8. The van der Waals surface area contributed by atoms with E-state index in [0.717, 1.165) is 26.0 Å². The predicted molar refractivity (Wildman–Crippen MR) is 66.7 cm³/mol. The van der Waals surface area contributed by atoms with E-state index in [1.807, 2.05) is 0 Å². The lowest BCUT2D eigenvalue weighted by Crippen LogP contribution is -2.46. The lowest BCUT2D eigenvalue weighted by Gasteiger charge is -2.42. The zero-order valence-corrected chi connectivity index (χ0v) is 11.0. The fourth-order valence-corrected chi connectivity index (χ4v) is 2.66. The molecule has 104 valence electrons. The molecule has 0 unspecified atom stereocenters. The van der Waals surface area contributed by atoms with Crippen molar-refractivity contribution in [3.63, 3.8) is 0 Å². The number of carbonyl (C=O) groups is 1.